The summed E-state index contributed by atoms with van der Waals surface area (Å²) in [4.78, 5) is 17.7. The van der Waals surface area contributed by atoms with E-state index in [4.69, 9.17) is 0 Å². The van der Waals surface area contributed by atoms with Crippen LogP contribution in [-0.2, 0) is 6.54 Å². The summed E-state index contributed by atoms with van der Waals surface area (Å²) in [6.07, 6.45) is 0. The first-order chi connectivity index (χ1) is 4.77. The summed E-state index contributed by atoms with van der Waals surface area (Å²) in [5, 5.41) is 2.64. The number of hydrogen-bond acceptors (Lipinski definition) is 2. The lowest BCUT2D eigenvalue weighted by Crippen LogP contribution is -2.13. The van der Waals surface area contributed by atoms with Crippen LogP contribution in [0.3, 0.4) is 0 Å². The Morgan fingerprint density at radius 2 is 2.40 bits per heavy atom. The van der Waals surface area contributed by atoms with Gasteiger partial charge in [-0.05, 0) is 15.9 Å². The molecule has 10 heavy (non-hydrogen) atoms. The Labute approximate surface area is 65.2 Å². The Bertz CT molecular complexity index is 293. The van der Waals surface area contributed by atoms with Gasteiger partial charge in [-0.25, -0.2) is 4.98 Å². The molecule has 0 bridgehead atoms. The molecule has 5 heteroatoms. The van der Waals surface area contributed by atoms with Crippen LogP contribution >= 0.6 is 15.9 Å². The van der Waals surface area contributed by atoms with Crippen molar-refractivity contribution >= 4 is 21.8 Å². The highest BCUT2D eigenvalue weighted by Crippen LogP contribution is 2.14. The van der Waals surface area contributed by atoms with E-state index in [1.165, 1.54) is 0 Å². The second-order valence-electron chi connectivity index (χ2n) is 2.04. The smallest absolute Gasteiger partial charge is 0.272 e. The van der Waals surface area contributed by atoms with Gasteiger partial charge in [-0.2, -0.15) is 0 Å². The van der Waals surface area contributed by atoms with Crippen molar-refractivity contribution < 1.29 is 4.79 Å². The SMILES string of the molecule is O=C1NCc2[nH]c(Br)nc21. The average Bonchev–Trinajstić information content (AvgIpc) is 2.35. The molecule has 1 amide bonds. The average molecular weight is 202 g/mol. The number of fused-ring (bicyclic) bond motifs is 1. The predicted octanol–water partition coefficient (Wildman–Crippen LogP) is 0.416. The number of amides is 1. The van der Waals surface area contributed by atoms with Crippen molar-refractivity contribution in [2.75, 3.05) is 0 Å². The Morgan fingerprint density at radius 1 is 1.60 bits per heavy atom. The lowest BCUT2D eigenvalue weighted by Gasteiger charge is -1.86. The van der Waals surface area contributed by atoms with Gasteiger partial charge in [0, 0.05) is 0 Å². The molecule has 0 saturated carbocycles. The van der Waals surface area contributed by atoms with Gasteiger partial charge in [0.25, 0.3) is 5.91 Å². The second kappa shape index (κ2) is 1.82. The lowest BCUT2D eigenvalue weighted by atomic mass is 10.4. The molecular weight excluding hydrogens is 198 g/mol. The number of nitrogens with zero attached hydrogens (tertiary/aromatic N) is 1. The van der Waals surface area contributed by atoms with Crippen LogP contribution in [0.2, 0.25) is 0 Å². The van der Waals surface area contributed by atoms with Crippen LogP contribution in [0, 0.1) is 0 Å². The fourth-order valence-corrected chi connectivity index (χ4v) is 1.36. The summed E-state index contributed by atoms with van der Waals surface area (Å²) in [6, 6.07) is 0. The molecule has 2 N–H and O–H groups in total. The quantitative estimate of drug-likeness (QED) is 0.640. The number of imidazole rings is 1. The van der Waals surface area contributed by atoms with Gasteiger partial charge in [-0.3, -0.25) is 4.79 Å². The zero-order valence-corrected chi connectivity index (χ0v) is 6.53. The van der Waals surface area contributed by atoms with Gasteiger partial charge < -0.3 is 10.3 Å². The molecular formula is C5H4BrN3O. The number of aromatic amines is 1. The van der Waals surface area contributed by atoms with E-state index in [2.05, 4.69) is 31.2 Å². The summed E-state index contributed by atoms with van der Waals surface area (Å²) < 4.78 is 0.618. The predicted molar refractivity (Wildman–Crippen MR) is 37.5 cm³/mol. The Balaban J connectivity index is 2.59. The maximum absolute atomic E-state index is 10.9. The second-order valence-corrected chi connectivity index (χ2v) is 2.79. The van der Waals surface area contributed by atoms with Crippen molar-refractivity contribution in [3.63, 3.8) is 0 Å². The number of halogens is 1. The van der Waals surface area contributed by atoms with Crippen molar-refractivity contribution in [3.05, 3.63) is 16.1 Å². The van der Waals surface area contributed by atoms with Gasteiger partial charge in [0.05, 0.1) is 12.2 Å². The molecule has 0 aliphatic carbocycles. The molecule has 1 aliphatic heterocycles. The van der Waals surface area contributed by atoms with Crippen LogP contribution in [-0.4, -0.2) is 15.9 Å². The van der Waals surface area contributed by atoms with Crippen LogP contribution in [0.1, 0.15) is 16.2 Å². The van der Waals surface area contributed by atoms with Crippen molar-refractivity contribution in [2.24, 2.45) is 0 Å². The molecule has 4 nitrogen and oxygen atoms in total. The summed E-state index contributed by atoms with van der Waals surface area (Å²) in [7, 11) is 0. The third kappa shape index (κ3) is 0.668. The van der Waals surface area contributed by atoms with Crippen LogP contribution < -0.4 is 5.32 Å². The summed E-state index contributed by atoms with van der Waals surface area (Å²) in [6.45, 7) is 0.562. The van der Waals surface area contributed by atoms with E-state index in [9.17, 15) is 4.79 Å². The van der Waals surface area contributed by atoms with E-state index >= 15 is 0 Å². The van der Waals surface area contributed by atoms with Crippen LogP contribution in [0.5, 0.6) is 0 Å². The number of H-pyrrole nitrogens is 1. The Morgan fingerprint density at radius 3 is 3.10 bits per heavy atom. The first-order valence-electron chi connectivity index (χ1n) is 2.80. The number of rotatable bonds is 0. The van der Waals surface area contributed by atoms with Crippen molar-refractivity contribution in [2.45, 2.75) is 6.54 Å². The first kappa shape index (κ1) is 5.91. The molecule has 0 spiro atoms. The molecule has 2 rings (SSSR count). The molecule has 1 aromatic rings. The Kier molecular flexibility index (Phi) is 1.08. The number of hydrogen-bond donors (Lipinski definition) is 2. The highest BCUT2D eigenvalue weighted by atomic mass is 79.9. The Hall–Kier alpha value is -0.840. The first-order valence-corrected chi connectivity index (χ1v) is 3.59. The van der Waals surface area contributed by atoms with Gasteiger partial charge in [0.2, 0.25) is 0 Å². The minimum absolute atomic E-state index is 0.100. The molecule has 0 radical (unpaired) electrons. The summed E-state index contributed by atoms with van der Waals surface area (Å²) >= 11 is 3.14. The third-order valence-corrected chi connectivity index (χ3v) is 1.77. The van der Waals surface area contributed by atoms with Gasteiger partial charge in [0.15, 0.2) is 10.4 Å². The lowest BCUT2D eigenvalue weighted by molar-refractivity contribution is 0.0961. The molecule has 0 saturated heterocycles. The fraction of sp³-hybridized carbons (Fsp3) is 0.200. The fourth-order valence-electron chi connectivity index (χ4n) is 0.945. The van der Waals surface area contributed by atoms with E-state index in [0.717, 1.165) is 5.69 Å². The van der Waals surface area contributed by atoms with Gasteiger partial charge >= 0.3 is 0 Å². The maximum Gasteiger partial charge on any atom is 0.272 e. The highest BCUT2D eigenvalue weighted by Gasteiger charge is 2.22. The monoisotopic (exact) mass is 201 g/mol. The molecule has 0 aromatic carbocycles. The molecule has 52 valence electrons. The molecule has 0 atom stereocenters. The normalized spacial score (nSPS) is 15.1. The van der Waals surface area contributed by atoms with E-state index < -0.39 is 0 Å². The molecule has 0 fully saturated rings. The van der Waals surface area contributed by atoms with Crippen LogP contribution in [0.25, 0.3) is 0 Å². The molecule has 2 heterocycles. The number of nitrogens with one attached hydrogen (secondary N) is 2. The zero-order chi connectivity index (χ0) is 7.14. The number of aromatic nitrogens is 2. The van der Waals surface area contributed by atoms with Crippen LogP contribution in [0.15, 0.2) is 4.73 Å². The topological polar surface area (TPSA) is 57.8 Å². The summed E-state index contributed by atoms with van der Waals surface area (Å²) in [5.41, 5.74) is 1.36. The van der Waals surface area contributed by atoms with Gasteiger partial charge in [-0.1, -0.05) is 0 Å². The minimum Gasteiger partial charge on any atom is -0.345 e. The van der Waals surface area contributed by atoms with Crippen LogP contribution in [0.4, 0.5) is 0 Å². The number of carbonyl (C=O) groups excluding carboxylic acids is 1. The molecule has 0 unspecified atom stereocenters. The van der Waals surface area contributed by atoms with Gasteiger partial charge in [-0.15, -0.1) is 0 Å². The van der Waals surface area contributed by atoms with Crippen molar-refractivity contribution in [1.82, 2.24) is 15.3 Å². The molecule has 1 aromatic heterocycles. The van der Waals surface area contributed by atoms with E-state index in [1.807, 2.05) is 0 Å². The standard InChI is InChI=1S/C5H4BrN3O/c6-5-8-2-1-7-4(10)3(2)9-5/h1H2,(H,7,10)(H,8,9). The van der Waals surface area contributed by atoms with Crippen molar-refractivity contribution in [3.8, 4) is 0 Å². The summed E-state index contributed by atoms with van der Waals surface area (Å²) in [5.74, 6) is -0.100. The number of carbonyl (C=O) groups is 1. The zero-order valence-electron chi connectivity index (χ0n) is 4.94. The van der Waals surface area contributed by atoms with E-state index in [1.54, 1.807) is 0 Å². The molecule has 1 aliphatic rings. The largest absolute Gasteiger partial charge is 0.345 e. The third-order valence-electron chi connectivity index (χ3n) is 1.39. The maximum atomic E-state index is 10.9. The van der Waals surface area contributed by atoms with Crippen molar-refractivity contribution in [1.29, 1.82) is 0 Å². The van der Waals surface area contributed by atoms with E-state index in [-0.39, 0.29) is 5.91 Å². The van der Waals surface area contributed by atoms with E-state index in [0.29, 0.717) is 17.0 Å². The minimum atomic E-state index is -0.100. The highest BCUT2D eigenvalue weighted by molar-refractivity contribution is 9.10. The van der Waals surface area contributed by atoms with Gasteiger partial charge in [0.1, 0.15) is 0 Å².